The second-order valence-corrected chi connectivity index (χ2v) is 3.65. The Balaban J connectivity index is 3.34. The van der Waals surface area contributed by atoms with E-state index in [1.165, 1.54) is 7.05 Å². The van der Waals surface area contributed by atoms with Crippen LogP contribution in [0.2, 0.25) is 0 Å². The predicted molar refractivity (Wildman–Crippen MR) is 45.8 cm³/mol. The monoisotopic (exact) mass is 243 g/mol. The van der Waals surface area contributed by atoms with Crippen LogP contribution in [0.3, 0.4) is 0 Å². The summed E-state index contributed by atoms with van der Waals surface area (Å²) < 4.78 is 63.3. The van der Waals surface area contributed by atoms with Crippen molar-refractivity contribution in [3.05, 3.63) is 17.5 Å². The lowest BCUT2D eigenvalue weighted by Gasteiger charge is -2.23. The van der Waals surface area contributed by atoms with Crippen molar-refractivity contribution in [3.8, 4) is 0 Å². The van der Waals surface area contributed by atoms with Crippen molar-refractivity contribution in [2.45, 2.75) is 25.1 Å². The van der Waals surface area contributed by atoms with Gasteiger partial charge in [0.25, 0.3) is 6.43 Å². The van der Waals surface area contributed by atoms with E-state index in [1.807, 2.05) is 0 Å². The predicted octanol–water partition coefficient (Wildman–Crippen LogP) is 1.88. The minimum Gasteiger partial charge on any atom is -0.317 e. The van der Waals surface area contributed by atoms with Crippen molar-refractivity contribution in [1.82, 2.24) is 9.78 Å². The van der Waals surface area contributed by atoms with Crippen LogP contribution in [0.1, 0.15) is 18.2 Å². The number of nitrogens with two attached hydrogens (primary N) is 1. The molecule has 0 saturated carbocycles. The van der Waals surface area contributed by atoms with Gasteiger partial charge in [-0.25, -0.2) is 8.78 Å². The number of aryl methyl sites for hydroxylation is 1. The number of hydrogen-bond donors (Lipinski definition) is 1. The molecule has 0 aromatic carbocycles. The molecule has 1 atom stereocenters. The third-order valence-corrected chi connectivity index (χ3v) is 2.13. The Labute approximate surface area is 88.0 Å². The lowest BCUT2D eigenvalue weighted by Crippen LogP contribution is -2.41. The molecule has 1 unspecified atom stereocenters. The summed E-state index contributed by atoms with van der Waals surface area (Å²) in [7, 11) is 1.21. The summed E-state index contributed by atoms with van der Waals surface area (Å²) in [5, 5.41) is 3.11. The molecule has 0 spiro atoms. The van der Waals surface area contributed by atoms with Crippen LogP contribution in [0.5, 0.6) is 0 Å². The zero-order chi connectivity index (χ0) is 12.7. The maximum Gasteiger partial charge on any atom is 0.435 e. The van der Waals surface area contributed by atoms with Gasteiger partial charge in [-0.1, -0.05) is 0 Å². The first-order valence-corrected chi connectivity index (χ1v) is 4.25. The maximum atomic E-state index is 12.5. The van der Waals surface area contributed by atoms with Crippen LogP contribution in [-0.2, 0) is 18.8 Å². The summed E-state index contributed by atoms with van der Waals surface area (Å²) >= 11 is 0. The molecule has 0 fully saturated rings. The van der Waals surface area contributed by atoms with Crippen LogP contribution in [0.25, 0.3) is 0 Å². The van der Waals surface area contributed by atoms with Gasteiger partial charge in [-0.3, -0.25) is 4.68 Å². The van der Waals surface area contributed by atoms with Crippen molar-refractivity contribution in [1.29, 1.82) is 0 Å². The number of rotatable bonds is 2. The van der Waals surface area contributed by atoms with E-state index >= 15 is 0 Å². The van der Waals surface area contributed by atoms with Gasteiger partial charge in [0.1, 0.15) is 5.54 Å². The molecule has 16 heavy (non-hydrogen) atoms. The Morgan fingerprint density at radius 1 is 1.38 bits per heavy atom. The lowest BCUT2D eigenvalue weighted by molar-refractivity contribution is -0.143. The number of halogens is 5. The van der Waals surface area contributed by atoms with Gasteiger partial charge in [0.15, 0.2) is 5.69 Å². The van der Waals surface area contributed by atoms with Gasteiger partial charge in [0, 0.05) is 18.8 Å². The molecule has 3 nitrogen and oxygen atoms in total. The Hall–Kier alpha value is -1.18. The highest BCUT2D eigenvalue weighted by atomic mass is 19.4. The average Bonchev–Trinajstić information content (AvgIpc) is 2.46. The fraction of sp³-hybridized carbons (Fsp3) is 0.625. The quantitative estimate of drug-likeness (QED) is 0.806. The van der Waals surface area contributed by atoms with Crippen LogP contribution in [-0.4, -0.2) is 16.2 Å². The Kier molecular flexibility index (Phi) is 2.97. The number of aromatic nitrogens is 2. The van der Waals surface area contributed by atoms with Crippen LogP contribution in [0.15, 0.2) is 6.20 Å². The third-order valence-electron chi connectivity index (χ3n) is 2.13. The summed E-state index contributed by atoms with van der Waals surface area (Å²) in [5.74, 6) is 0. The largest absolute Gasteiger partial charge is 0.435 e. The minimum atomic E-state index is -4.80. The molecule has 92 valence electrons. The van der Waals surface area contributed by atoms with E-state index in [0.717, 1.165) is 17.8 Å². The Morgan fingerprint density at radius 3 is 2.25 bits per heavy atom. The Bertz CT molecular complexity index is 380. The van der Waals surface area contributed by atoms with Gasteiger partial charge < -0.3 is 5.73 Å². The first kappa shape index (κ1) is 12.9. The molecule has 0 bridgehead atoms. The fourth-order valence-electron chi connectivity index (χ4n) is 1.21. The zero-order valence-electron chi connectivity index (χ0n) is 8.52. The molecule has 1 aromatic heterocycles. The number of hydrogen-bond acceptors (Lipinski definition) is 2. The highest BCUT2D eigenvalue weighted by Crippen LogP contribution is 2.36. The number of nitrogens with zero attached hydrogens (tertiary/aromatic N) is 2. The van der Waals surface area contributed by atoms with Crippen molar-refractivity contribution in [3.63, 3.8) is 0 Å². The molecule has 2 N–H and O–H groups in total. The van der Waals surface area contributed by atoms with Crippen LogP contribution < -0.4 is 5.73 Å². The van der Waals surface area contributed by atoms with E-state index in [9.17, 15) is 22.0 Å². The molecule has 1 aromatic rings. The smallest absolute Gasteiger partial charge is 0.317 e. The zero-order valence-corrected chi connectivity index (χ0v) is 8.52. The van der Waals surface area contributed by atoms with Gasteiger partial charge in [-0.2, -0.15) is 18.3 Å². The molecule has 0 aliphatic heterocycles. The summed E-state index contributed by atoms with van der Waals surface area (Å²) in [6, 6.07) is 0. The standard InChI is InChI=1S/C8H10F5N3/c1-7(14,6(9)10)4-3-16(2)15-5(4)8(11,12)13/h3,6H,14H2,1-2H3. The molecule has 8 heteroatoms. The minimum absolute atomic E-state index is 0.711. The van der Waals surface area contributed by atoms with Gasteiger partial charge in [0.05, 0.1) is 0 Å². The summed E-state index contributed by atoms with van der Waals surface area (Å²) in [4.78, 5) is 0. The van der Waals surface area contributed by atoms with Crippen LogP contribution in [0.4, 0.5) is 22.0 Å². The molecule has 1 rings (SSSR count). The van der Waals surface area contributed by atoms with E-state index in [1.54, 1.807) is 0 Å². The summed E-state index contributed by atoms with van der Waals surface area (Å²) in [6.45, 7) is 0.837. The normalized spacial score (nSPS) is 16.6. The molecule has 0 radical (unpaired) electrons. The topological polar surface area (TPSA) is 43.8 Å². The lowest BCUT2D eigenvalue weighted by atomic mass is 9.94. The second kappa shape index (κ2) is 3.69. The molecule has 0 aliphatic rings. The van der Waals surface area contributed by atoms with Crippen molar-refractivity contribution in [2.24, 2.45) is 12.8 Å². The van der Waals surface area contributed by atoms with E-state index in [-0.39, 0.29) is 0 Å². The maximum absolute atomic E-state index is 12.5. The molecular weight excluding hydrogens is 233 g/mol. The van der Waals surface area contributed by atoms with E-state index < -0.39 is 29.4 Å². The highest BCUT2D eigenvalue weighted by molar-refractivity contribution is 5.28. The van der Waals surface area contributed by atoms with Crippen LogP contribution in [0, 0.1) is 0 Å². The van der Waals surface area contributed by atoms with Gasteiger partial charge in [0.2, 0.25) is 0 Å². The third kappa shape index (κ3) is 2.16. The van der Waals surface area contributed by atoms with Crippen molar-refractivity contribution in [2.75, 3.05) is 0 Å². The summed E-state index contributed by atoms with van der Waals surface area (Å²) in [6.07, 6.45) is -7.06. The molecule has 0 amide bonds. The average molecular weight is 243 g/mol. The fourth-order valence-corrected chi connectivity index (χ4v) is 1.21. The van der Waals surface area contributed by atoms with Gasteiger partial charge >= 0.3 is 6.18 Å². The van der Waals surface area contributed by atoms with E-state index in [0.29, 0.717) is 0 Å². The summed E-state index contributed by atoms with van der Waals surface area (Å²) in [5.41, 5.74) is 0.727. The van der Waals surface area contributed by atoms with Gasteiger partial charge in [-0.15, -0.1) is 0 Å². The second-order valence-electron chi connectivity index (χ2n) is 3.65. The molecule has 0 aliphatic carbocycles. The van der Waals surface area contributed by atoms with Gasteiger partial charge in [-0.05, 0) is 6.92 Å². The molecular formula is C8H10F5N3. The number of alkyl halides is 5. The molecule has 0 saturated heterocycles. The molecule has 1 heterocycles. The van der Waals surface area contributed by atoms with Crippen LogP contribution >= 0.6 is 0 Å². The van der Waals surface area contributed by atoms with Crippen molar-refractivity contribution < 1.29 is 22.0 Å². The first-order valence-electron chi connectivity index (χ1n) is 4.25. The van der Waals surface area contributed by atoms with Crippen molar-refractivity contribution >= 4 is 0 Å². The SMILES string of the molecule is Cn1cc(C(C)(N)C(F)F)c(C(F)(F)F)n1. The van der Waals surface area contributed by atoms with E-state index in [2.05, 4.69) is 5.10 Å². The Morgan fingerprint density at radius 2 is 1.88 bits per heavy atom. The van der Waals surface area contributed by atoms with E-state index in [4.69, 9.17) is 5.73 Å². The first-order chi connectivity index (χ1) is 7.06. The highest BCUT2D eigenvalue weighted by Gasteiger charge is 2.45.